The largest absolute Gasteiger partial charge is 0.440 e. The Labute approximate surface area is 97.5 Å². The van der Waals surface area contributed by atoms with Crippen molar-refractivity contribution in [2.75, 3.05) is 0 Å². The van der Waals surface area contributed by atoms with Gasteiger partial charge in [-0.25, -0.2) is 4.98 Å². The quantitative estimate of drug-likeness (QED) is 0.768. The van der Waals surface area contributed by atoms with Crippen LogP contribution in [0.4, 0.5) is 0 Å². The molecule has 0 spiro atoms. The van der Waals surface area contributed by atoms with E-state index < -0.39 is 0 Å². The van der Waals surface area contributed by atoms with Crippen LogP contribution in [0.25, 0.3) is 11.5 Å². The summed E-state index contributed by atoms with van der Waals surface area (Å²) in [5.41, 5.74) is 1.00. The summed E-state index contributed by atoms with van der Waals surface area (Å²) in [6, 6.07) is 9.88. The highest BCUT2D eigenvalue weighted by Gasteiger charge is 2.21. The summed E-state index contributed by atoms with van der Waals surface area (Å²) < 4.78 is 5.50. The number of oxazole rings is 1. The van der Waals surface area contributed by atoms with Crippen LogP contribution in [0.5, 0.6) is 0 Å². The molecule has 0 aliphatic heterocycles. The number of benzene rings is 1. The minimum Gasteiger partial charge on any atom is -0.440 e. The molecular formula is C12H12BrNO. The number of hydrogen-bond donors (Lipinski definition) is 0. The summed E-state index contributed by atoms with van der Waals surface area (Å²) in [6.07, 6.45) is 1.76. The topological polar surface area (TPSA) is 26.0 Å². The third-order valence-corrected chi connectivity index (χ3v) is 2.50. The first-order valence-corrected chi connectivity index (χ1v) is 5.57. The predicted molar refractivity (Wildman–Crippen MR) is 63.9 cm³/mol. The van der Waals surface area contributed by atoms with Crippen molar-refractivity contribution >= 4 is 15.9 Å². The minimum absolute atomic E-state index is 0.174. The van der Waals surface area contributed by atoms with Crippen LogP contribution >= 0.6 is 15.9 Å². The lowest BCUT2D eigenvalue weighted by molar-refractivity contribution is 0.481. The first-order valence-electron chi connectivity index (χ1n) is 4.78. The van der Waals surface area contributed by atoms with Gasteiger partial charge in [-0.1, -0.05) is 34.1 Å². The van der Waals surface area contributed by atoms with Crippen molar-refractivity contribution < 1.29 is 4.42 Å². The fraction of sp³-hybridized carbons (Fsp3) is 0.250. The zero-order chi connectivity index (χ0) is 10.9. The normalized spacial score (nSPS) is 11.7. The molecule has 3 heteroatoms. The van der Waals surface area contributed by atoms with Crippen LogP contribution in [0.1, 0.15) is 19.6 Å². The number of alkyl halides is 1. The Hall–Kier alpha value is -1.09. The van der Waals surface area contributed by atoms with Gasteiger partial charge in [0.1, 0.15) is 5.76 Å². The summed E-state index contributed by atoms with van der Waals surface area (Å²) in [6.45, 7) is 4.06. The zero-order valence-electron chi connectivity index (χ0n) is 8.70. The van der Waals surface area contributed by atoms with Crippen LogP contribution < -0.4 is 0 Å². The molecule has 0 aliphatic carbocycles. The lowest BCUT2D eigenvalue weighted by Crippen LogP contribution is -2.04. The molecule has 0 bridgehead atoms. The Balaban J connectivity index is 2.37. The molecule has 2 rings (SSSR count). The van der Waals surface area contributed by atoms with Crippen LogP contribution in [0, 0.1) is 0 Å². The fourth-order valence-electron chi connectivity index (χ4n) is 1.26. The molecular weight excluding hydrogens is 254 g/mol. The summed E-state index contributed by atoms with van der Waals surface area (Å²) in [7, 11) is 0. The second-order valence-electron chi connectivity index (χ2n) is 3.87. The maximum absolute atomic E-state index is 5.68. The maximum Gasteiger partial charge on any atom is 0.226 e. The van der Waals surface area contributed by atoms with Gasteiger partial charge in [0.05, 0.1) is 10.5 Å². The van der Waals surface area contributed by atoms with E-state index in [2.05, 4.69) is 20.9 Å². The highest BCUT2D eigenvalue weighted by Crippen LogP contribution is 2.32. The molecule has 1 aromatic heterocycles. The first-order chi connectivity index (χ1) is 7.07. The van der Waals surface area contributed by atoms with Crippen molar-refractivity contribution in [1.29, 1.82) is 0 Å². The smallest absolute Gasteiger partial charge is 0.226 e. The number of aromatic nitrogens is 1. The molecule has 78 valence electrons. The van der Waals surface area contributed by atoms with Crippen molar-refractivity contribution in [2.24, 2.45) is 0 Å². The third-order valence-electron chi connectivity index (χ3n) is 2.11. The van der Waals surface area contributed by atoms with E-state index in [1.165, 1.54) is 0 Å². The lowest BCUT2D eigenvalue weighted by atomic mass is 10.2. The van der Waals surface area contributed by atoms with Gasteiger partial charge < -0.3 is 4.42 Å². The van der Waals surface area contributed by atoms with Crippen molar-refractivity contribution in [3.8, 4) is 11.5 Å². The molecule has 0 radical (unpaired) electrons. The summed E-state index contributed by atoms with van der Waals surface area (Å²) in [5, 5.41) is 0. The Morgan fingerprint density at radius 1 is 1.20 bits per heavy atom. The average Bonchev–Trinajstić information content (AvgIpc) is 2.67. The zero-order valence-corrected chi connectivity index (χ0v) is 10.3. The van der Waals surface area contributed by atoms with Crippen LogP contribution in [0.15, 0.2) is 40.9 Å². The summed E-state index contributed by atoms with van der Waals surface area (Å²) in [5.74, 6) is 1.50. The van der Waals surface area contributed by atoms with Gasteiger partial charge in [0.15, 0.2) is 0 Å². The van der Waals surface area contributed by atoms with Gasteiger partial charge in [-0.05, 0) is 26.0 Å². The fourth-order valence-corrected chi connectivity index (χ4v) is 1.45. The molecule has 0 saturated heterocycles. The minimum atomic E-state index is -0.174. The van der Waals surface area contributed by atoms with E-state index in [0.29, 0.717) is 5.89 Å². The van der Waals surface area contributed by atoms with Crippen LogP contribution in [-0.2, 0) is 4.32 Å². The lowest BCUT2D eigenvalue weighted by Gasteiger charge is -2.10. The second-order valence-corrected chi connectivity index (χ2v) is 5.85. The predicted octanol–water partition coefficient (Wildman–Crippen LogP) is 3.97. The van der Waals surface area contributed by atoms with Crippen LogP contribution in [0.2, 0.25) is 0 Å². The molecule has 0 aliphatic rings. The first kappa shape index (κ1) is 10.4. The van der Waals surface area contributed by atoms with Crippen LogP contribution in [-0.4, -0.2) is 4.98 Å². The number of hydrogen-bond acceptors (Lipinski definition) is 2. The van der Waals surface area contributed by atoms with Gasteiger partial charge in [0.25, 0.3) is 0 Å². The number of halogens is 1. The Morgan fingerprint density at radius 3 is 2.40 bits per heavy atom. The van der Waals surface area contributed by atoms with Gasteiger partial charge in [-0.15, -0.1) is 0 Å². The highest BCUT2D eigenvalue weighted by atomic mass is 79.9. The Morgan fingerprint density at radius 2 is 1.87 bits per heavy atom. The molecule has 0 atom stereocenters. The SMILES string of the molecule is CC(C)(Br)c1cnc(-c2ccccc2)o1. The molecule has 1 aromatic carbocycles. The molecule has 2 nitrogen and oxygen atoms in total. The highest BCUT2D eigenvalue weighted by molar-refractivity contribution is 9.09. The second kappa shape index (κ2) is 3.81. The molecule has 0 unspecified atom stereocenters. The van der Waals surface area contributed by atoms with E-state index in [1.807, 2.05) is 44.2 Å². The summed E-state index contributed by atoms with van der Waals surface area (Å²) >= 11 is 3.54. The van der Waals surface area contributed by atoms with Crippen LogP contribution in [0.3, 0.4) is 0 Å². The molecule has 0 fully saturated rings. The molecule has 15 heavy (non-hydrogen) atoms. The van der Waals surface area contributed by atoms with E-state index in [0.717, 1.165) is 11.3 Å². The van der Waals surface area contributed by atoms with Gasteiger partial charge in [0.2, 0.25) is 5.89 Å². The van der Waals surface area contributed by atoms with E-state index >= 15 is 0 Å². The molecule has 1 heterocycles. The van der Waals surface area contributed by atoms with Gasteiger partial charge in [0, 0.05) is 5.56 Å². The Bertz CT molecular complexity index is 442. The van der Waals surface area contributed by atoms with Gasteiger partial charge in [-0.3, -0.25) is 0 Å². The molecule has 0 amide bonds. The van der Waals surface area contributed by atoms with Gasteiger partial charge in [-0.2, -0.15) is 0 Å². The monoisotopic (exact) mass is 265 g/mol. The van der Waals surface area contributed by atoms with Crippen molar-refractivity contribution in [1.82, 2.24) is 4.98 Å². The van der Waals surface area contributed by atoms with Gasteiger partial charge >= 0.3 is 0 Å². The number of rotatable bonds is 2. The van der Waals surface area contributed by atoms with E-state index in [9.17, 15) is 0 Å². The Kier molecular flexibility index (Phi) is 2.65. The average molecular weight is 266 g/mol. The van der Waals surface area contributed by atoms with E-state index in [-0.39, 0.29) is 4.32 Å². The number of nitrogens with zero attached hydrogens (tertiary/aromatic N) is 1. The third kappa shape index (κ3) is 2.29. The maximum atomic E-state index is 5.68. The van der Waals surface area contributed by atoms with Crippen molar-refractivity contribution in [2.45, 2.75) is 18.2 Å². The molecule has 0 saturated carbocycles. The molecule has 0 N–H and O–H groups in total. The molecule has 2 aromatic rings. The van der Waals surface area contributed by atoms with Crippen molar-refractivity contribution in [3.63, 3.8) is 0 Å². The van der Waals surface area contributed by atoms with Crippen molar-refractivity contribution in [3.05, 3.63) is 42.3 Å². The van der Waals surface area contributed by atoms with E-state index in [4.69, 9.17) is 4.42 Å². The standard InChI is InChI=1S/C12H12BrNO/c1-12(2,13)10-8-14-11(15-10)9-6-4-3-5-7-9/h3-8H,1-2H3. The van der Waals surface area contributed by atoms with E-state index in [1.54, 1.807) is 6.20 Å². The summed E-state index contributed by atoms with van der Waals surface area (Å²) in [4.78, 5) is 4.26.